The summed E-state index contributed by atoms with van der Waals surface area (Å²) in [5.74, 6) is 0.122. The van der Waals surface area contributed by atoms with Gasteiger partial charge in [0.2, 0.25) is 5.91 Å². The van der Waals surface area contributed by atoms with E-state index in [2.05, 4.69) is 4.90 Å². The van der Waals surface area contributed by atoms with Gasteiger partial charge in [0.25, 0.3) is 0 Å². The molecule has 0 unspecified atom stereocenters. The molecule has 1 fully saturated rings. The Bertz CT molecular complexity index is 501. The summed E-state index contributed by atoms with van der Waals surface area (Å²) in [4.78, 5) is 16.2. The molecule has 0 aliphatic carbocycles. The van der Waals surface area contributed by atoms with Crippen LogP contribution in [-0.4, -0.2) is 36.5 Å². The van der Waals surface area contributed by atoms with Gasteiger partial charge in [-0.15, -0.1) is 0 Å². The highest BCUT2D eigenvalue weighted by molar-refractivity contribution is 6.30. The molecule has 0 saturated carbocycles. The maximum absolute atomic E-state index is 12.3. The second kappa shape index (κ2) is 5.02. The van der Waals surface area contributed by atoms with E-state index in [1.165, 1.54) is 0 Å². The number of rotatable bonds is 2. The minimum Gasteiger partial charge on any atom is -0.355 e. The van der Waals surface area contributed by atoms with Crippen LogP contribution in [0.2, 0.25) is 5.02 Å². The van der Waals surface area contributed by atoms with Crippen molar-refractivity contribution in [1.29, 1.82) is 0 Å². The molecule has 1 aromatic carbocycles. The van der Waals surface area contributed by atoms with Crippen LogP contribution >= 0.6 is 11.6 Å². The number of amides is 1. The quantitative estimate of drug-likeness (QED) is 0.900. The molecule has 19 heavy (non-hydrogen) atoms. The van der Waals surface area contributed by atoms with Crippen molar-refractivity contribution in [1.82, 2.24) is 4.90 Å². The molecule has 1 aliphatic heterocycles. The predicted molar refractivity (Wildman–Crippen MR) is 78.4 cm³/mol. The van der Waals surface area contributed by atoms with Crippen molar-refractivity contribution in [3.05, 3.63) is 28.8 Å². The number of carbonyl (C=O) groups excluding carboxylic acids is 1. The molecule has 1 aliphatic rings. The molecule has 0 bridgehead atoms. The molecule has 0 atom stereocenters. The standard InChI is InChI=1S/C14H20ClN3O/c1-14(2)13(19)17(3)6-7-18(14)12-5-4-11(15)8-10(12)9-16/h4-5,8H,6-7,9,16H2,1-3H3. The van der Waals surface area contributed by atoms with Crippen LogP contribution in [0.1, 0.15) is 19.4 Å². The number of hydrogen-bond acceptors (Lipinski definition) is 3. The molecule has 4 nitrogen and oxygen atoms in total. The van der Waals surface area contributed by atoms with Gasteiger partial charge in [0.05, 0.1) is 0 Å². The molecule has 1 saturated heterocycles. The molecule has 0 spiro atoms. The molecular formula is C14H20ClN3O. The Morgan fingerprint density at radius 3 is 2.68 bits per heavy atom. The van der Waals surface area contributed by atoms with Gasteiger partial charge in [0.15, 0.2) is 0 Å². The average Bonchev–Trinajstić information content (AvgIpc) is 2.37. The number of hydrogen-bond donors (Lipinski definition) is 1. The van der Waals surface area contributed by atoms with Crippen LogP contribution in [0, 0.1) is 0 Å². The van der Waals surface area contributed by atoms with Crippen LogP contribution in [0.5, 0.6) is 0 Å². The summed E-state index contributed by atoms with van der Waals surface area (Å²) >= 11 is 6.01. The highest BCUT2D eigenvalue weighted by Crippen LogP contribution is 2.32. The van der Waals surface area contributed by atoms with E-state index in [4.69, 9.17) is 17.3 Å². The Balaban J connectivity index is 2.44. The van der Waals surface area contributed by atoms with E-state index in [1.807, 2.05) is 39.1 Å². The number of carbonyl (C=O) groups is 1. The summed E-state index contributed by atoms with van der Waals surface area (Å²) in [5.41, 5.74) is 7.20. The fraction of sp³-hybridized carbons (Fsp3) is 0.500. The Morgan fingerprint density at radius 1 is 1.37 bits per heavy atom. The number of benzene rings is 1. The van der Waals surface area contributed by atoms with Gasteiger partial charge in [0, 0.05) is 37.4 Å². The predicted octanol–water partition coefficient (Wildman–Crippen LogP) is 1.86. The molecule has 1 amide bonds. The third-order valence-electron chi connectivity index (χ3n) is 3.76. The van der Waals surface area contributed by atoms with Crippen LogP contribution in [0.15, 0.2) is 18.2 Å². The number of nitrogens with two attached hydrogens (primary N) is 1. The number of piperazine rings is 1. The van der Waals surface area contributed by atoms with E-state index in [0.29, 0.717) is 11.6 Å². The van der Waals surface area contributed by atoms with Crippen molar-refractivity contribution in [2.75, 3.05) is 25.0 Å². The normalized spacial score (nSPS) is 18.9. The summed E-state index contributed by atoms with van der Waals surface area (Å²) in [6.07, 6.45) is 0. The fourth-order valence-corrected chi connectivity index (χ4v) is 2.81. The second-order valence-electron chi connectivity index (χ2n) is 5.41. The first-order chi connectivity index (χ1) is 8.87. The first kappa shape index (κ1) is 14.2. The van der Waals surface area contributed by atoms with Gasteiger partial charge in [-0.1, -0.05) is 11.6 Å². The zero-order chi connectivity index (χ0) is 14.2. The Morgan fingerprint density at radius 2 is 2.05 bits per heavy atom. The maximum Gasteiger partial charge on any atom is 0.247 e. The zero-order valence-electron chi connectivity index (χ0n) is 11.6. The van der Waals surface area contributed by atoms with Crippen molar-refractivity contribution in [2.45, 2.75) is 25.9 Å². The van der Waals surface area contributed by atoms with Gasteiger partial charge in [-0.05, 0) is 37.6 Å². The van der Waals surface area contributed by atoms with Gasteiger partial charge in [0.1, 0.15) is 5.54 Å². The first-order valence-corrected chi connectivity index (χ1v) is 6.77. The summed E-state index contributed by atoms with van der Waals surface area (Å²) in [6.45, 7) is 5.81. The molecular weight excluding hydrogens is 262 g/mol. The molecule has 1 aromatic rings. The zero-order valence-corrected chi connectivity index (χ0v) is 12.4. The SMILES string of the molecule is CN1CCN(c2ccc(Cl)cc2CN)C(C)(C)C1=O. The number of halogens is 1. The summed E-state index contributed by atoms with van der Waals surface area (Å²) in [7, 11) is 1.84. The van der Waals surface area contributed by atoms with Crippen LogP contribution < -0.4 is 10.6 Å². The van der Waals surface area contributed by atoms with E-state index >= 15 is 0 Å². The topological polar surface area (TPSA) is 49.6 Å². The molecule has 0 aromatic heterocycles. The van der Waals surface area contributed by atoms with Gasteiger partial charge in [-0.3, -0.25) is 4.79 Å². The monoisotopic (exact) mass is 281 g/mol. The van der Waals surface area contributed by atoms with Crippen molar-refractivity contribution in [3.8, 4) is 0 Å². The molecule has 5 heteroatoms. The van der Waals surface area contributed by atoms with Crippen LogP contribution in [0.4, 0.5) is 5.69 Å². The van der Waals surface area contributed by atoms with Crippen molar-refractivity contribution in [3.63, 3.8) is 0 Å². The van der Waals surface area contributed by atoms with E-state index in [-0.39, 0.29) is 5.91 Å². The number of likely N-dealkylation sites (N-methyl/N-ethyl adjacent to an activating group) is 1. The summed E-state index contributed by atoms with van der Waals surface area (Å²) in [5, 5.41) is 0.669. The third-order valence-corrected chi connectivity index (χ3v) is 3.99. The Kier molecular flexibility index (Phi) is 3.74. The van der Waals surface area contributed by atoms with Crippen LogP contribution in [0.3, 0.4) is 0 Å². The fourth-order valence-electron chi connectivity index (χ4n) is 2.62. The minimum absolute atomic E-state index is 0.122. The largest absolute Gasteiger partial charge is 0.355 e. The lowest BCUT2D eigenvalue weighted by molar-refractivity contribution is -0.136. The van der Waals surface area contributed by atoms with Crippen LogP contribution in [0.25, 0.3) is 0 Å². The maximum atomic E-state index is 12.3. The molecule has 0 radical (unpaired) electrons. The highest BCUT2D eigenvalue weighted by Gasteiger charge is 2.41. The Labute approximate surface area is 119 Å². The lowest BCUT2D eigenvalue weighted by Gasteiger charge is -2.46. The van der Waals surface area contributed by atoms with Gasteiger partial charge < -0.3 is 15.5 Å². The lowest BCUT2D eigenvalue weighted by atomic mass is 9.95. The first-order valence-electron chi connectivity index (χ1n) is 6.39. The van der Waals surface area contributed by atoms with E-state index < -0.39 is 5.54 Å². The summed E-state index contributed by atoms with van der Waals surface area (Å²) < 4.78 is 0. The minimum atomic E-state index is -0.565. The highest BCUT2D eigenvalue weighted by atomic mass is 35.5. The molecule has 2 N–H and O–H groups in total. The van der Waals surface area contributed by atoms with Crippen molar-refractivity contribution >= 4 is 23.2 Å². The van der Waals surface area contributed by atoms with E-state index in [9.17, 15) is 4.79 Å². The molecule has 104 valence electrons. The smallest absolute Gasteiger partial charge is 0.247 e. The third kappa shape index (κ3) is 2.42. The van der Waals surface area contributed by atoms with Gasteiger partial charge in [-0.2, -0.15) is 0 Å². The summed E-state index contributed by atoms with van der Waals surface area (Å²) in [6, 6.07) is 5.66. The number of anilines is 1. The van der Waals surface area contributed by atoms with Crippen LogP contribution in [-0.2, 0) is 11.3 Å². The Hall–Kier alpha value is -1.26. The lowest BCUT2D eigenvalue weighted by Crippen LogP contribution is -2.62. The van der Waals surface area contributed by atoms with Crippen molar-refractivity contribution < 1.29 is 4.79 Å². The number of nitrogens with zero attached hydrogens (tertiary/aromatic N) is 2. The van der Waals surface area contributed by atoms with Gasteiger partial charge in [-0.25, -0.2) is 0 Å². The second-order valence-corrected chi connectivity index (χ2v) is 5.85. The average molecular weight is 282 g/mol. The van der Waals surface area contributed by atoms with E-state index in [1.54, 1.807) is 4.90 Å². The molecule has 2 rings (SSSR count). The van der Waals surface area contributed by atoms with E-state index in [0.717, 1.165) is 24.3 Å². The van der Waals surface area contributed by atoms with Gasteiger partial charge >= 0.3 is 0 Å². The molecule has 1 heterocycles. The van der Waals surface area contributed by atoms with Crippen molar-refractivity contribution in [2.24, 2.45) is 5.73 Å².